The highest BCUT2D eigenvalue weighted by Gasteiger charge is 2.22. The Morgan fingerprint density at radius 3 is 2.00 bits per heavy atom. The van der Waals surface area contributed by atoms with E-state index in [1.165, 1.54) is 6.92 Å². The van der Waals surface area contributed by atoms with Crippen LogP contribution in [-0.2, 0) is 9.59 Å². The lowest BCUT2D eigenvalue weighted by Crippen LogP contribution is -2.50. The first-order chi connectivity index (χ1) is 5.86. The Kier molecular flexibility index (Phi) is 4.40. The Morgan fingerprint density at radius 1 is 1.31 bits per heavy atom. The zero-order valence-electron chi connectivity index (χ0n) is 8.07. The largest absolute Gasteiger partial charge is 0.384 e. The first kappa shape index (κ1) is 11.9. The molecule has 0 bridgehead atoms. The SMILES string of the molecule is CC(C)[C@H](NC(=O)[C@H](C)O)C(N)=O. The molecule has 0 heterocycles. The monoisotopic (exact) mass is 188 g/mol. The van der Waals surface area contributed by atoms with Crippen molar-refractivity contribution in [1.29, 1.82) is 0 Å². The summed E-state index contributed by atoms with van der Waals surface area (Å²) in [7, 11) is 0. The molecule has 2 amide bonds. The summed E-state index contributed by atoms with van der Waals surface area (Å²) in [5.41, 5.74) is 5.05. The number of hydrogen-bond acceptors (Lipinski definition) is 3. The lowest BCUT2D eigenvalue weighted by atomic mass is 10.0. The summed E-state index contributed by atoms with van der Waals surface area (Å²) in [5.74, 6) is -1.26. The van der Waals surface area contributed by atoms with Gasteiger partial charge in [-0.05, 0) is 12.8 Å². The van der Waals surface area contributed by atoms with Crippen molar-refractivity contribution in [3.63, 3.8) is 0 Å². The number of primary amides is 1. The lowest BCUT2D eigenvalue weighted by molar-refractivity contribution is -0.133. The summed E-state index contributed by atoms with van der Waals surface area (Å²) in [4.78, 5) is 21.8. The van der Waals surface area contributed by atoms with Crippen LogP contribution in [0.2, 0.25) is 0 Å². The van der Waals surface area contributed by atoms with Gasteiger partial charge in [0.2, 0.25) is 11.8 Å². The number of nitrogens with two attached hydrogens (primary N) is 1. The van der Waals surface area contributed by atoms with E-state index in [1.807, 2.05) is 0 Å². The Hall–Kier alpha value is -1.10. The Labute approximate surface area is 77.3 Å². The molecular weight excluding hydrogens is 172 g/mol. The molecule has 0 saturated carbocycles. The van der Waals surface area contributed by atoms with Crippen LogP contribution in [0.4, 0.5) is 0 Å². The maximum Gasteiger partial charge on any atom is 0.249 e. The van der Waals surface area contributed by atoms with Crippen LogP contribution in [-0.4, -0.2) is 29.1 Å². The van der Waals surface area contributed by atoms with E-state index in [1.54, 1.807) is 13.8 Å². The molecule has 4 N–H and O–H groups in total. The van der Waals surface area contributed by atoms with E-state index in [9.17, 15) is 9.59 Å². The van der Waals surface area contributed by atoms with E-state index in [0.29, 0.717) is 0 Å². The smallest absolute Gasteiger partial charge is 0.249 e. The third kappa shape index (κ3) is 3.89. The standard InChI is InChI=1S/C8H16N2O3/c1-4(2)6(7(9)12)10-8(13)5(3)11/h4-6,11H,1-3H3,(H2,9,12)(H,10,13)/t5-,6-/m0/s1. The minimum absolute atomic E-state index is 0.0831. The molecule has 5 nitrogen and oxygen atoms in total. The topological polar surface area (TPSA) is 92.4 Å². The predicted molar refractivity (Wildman–Crippen MR) is 47.6 cm³/mol. The fraction of sp³-hybridized carbons (Fsp3) is 0.750. The molecule has 0 rings (SSSR count). The van der Waals surface area contributed by atoms with Crippen LogP contribution in [0, 0.1) is 5.92 Å². The predicted octanol–water partition coefficient (Wildman–Crippen LogP) is -1.01. The molecule has 0 fully saturated rings. The highest BCUT2D eigenvalue weighted by molar-refractivity contribution is 5.88. The molecule has 0 aliphatic heterocycles. The van der Waals surface area contributed by atoms with Gasteiger partial charge in [0.05, 0.1) is 0 Å². The molecule has 0 saturated heterocycles. The summed E-state index contributed by atoms with van der Waals surface area (Å²) in [5, 5.41) is 11.2. The first-order valence-electron chi connectivity index (χ1n) is 4.14. The number of aliphatic hydroxyl groups is 1. The quantitative estimate of drug-likeness (QED) is 0.528. The number of hydrogen-bond donors (Lipinski definition) is 3. The average molecular weight is 188 g/mol. The van der Waals surface area contributed by atoms with Crippen molar-refractivity contribution in [2.45, 2.75) is 32.9 Å². The van der Waals surface area contributed by atoms with Crippen LogP contribution >= 0.6 is 0 Å². The van der Waals surface area contributed by atoms with Gasteiger partial charge in [0.15, 0.2) is 0 Å². The molecule has 0 aliphatic rings. The second-order valence-corrected chi connectivity index (χ2v) is 3.31. The van der Waals surface area contributed by atoms with E-state index in [2.05, 4.69) is 5.32 Å². The molecular formula is C8H16N2O3. The van der Waals surface area contributed by atoms with Crippen LogP contribution in [0.3, 0.4) is 0 Å². The van der Waals surface area contributed by atoms with Crippen molar-refractivity contribution < 1.29 is 14.7 Å². The van der Waals surface area contributed by atoms with Gasteiger partial charge in [-0.15, -0.1) is 0 Å². The van der Waals surface area contributed by atoms with E-state index >= 15 is 0 Å². The Morgan fingerprint density at radius 2 is 1.77 bits per heavy atom. The van der Waals surface area contributed by atoms with Gasteiger partial charge in [-0.3, -0.25) is 9.59 Å². The fourth-order valence-electron chi connectivity index (χ4n) is 0.840. The van der Waals surface area contributed by atoms with Gasteiger partial charge in [0.1, 0.15) is 12.1 Å². The van der Waals surface area contributed by atoms with E-state index in [-0.39, 0.29) is 5.92 Å². The van der Waals surface area contributed by atoms with Crippen molar-refractivity contribution >= 4 is 11.8 Å². The molecule has 2 atom stereocenters. The van der Waals surface area contributed by atoms with Crippen molar-refractivity contribution in [1.82, 2.24) is 5.32 Å². The number of nitrogens with one attached hydrogen (secondary N) is 1. The van der Waals surface area contributed by atoms with Crippen LogP contribution in [0.25, 0.3) is 0 Å². The first-order valence-corrected chi connectivity index (χ1v) is 4.14. The van der Waals surface area contributed by atoms with E-state index in [4.69, 9.17) is 10.8 Å². The molecule has 0 aromatic rings. The lowest BCUT2D eigenvalue weighted by Gasteiger charge is -2.19. The maximum absolute atomic E-state index is 11.0. The number of carbonyl (C=O) groups is 2. The van der Waals surface area contributed by atoms with Gasteiger partial charge in [-0.25, -0.2) is 0 Å². The van der Waals surface area contributed by atoms with Crippen LogP contribution < -0.4 is 11.1 Å². The highest BCUT2D eigenvalue weighted by Crippen LogP contribution is 2.00. The molecule has 0 aromatic carbocycles. The van der Waals surface area contributed by atoms with E-state index < -0.39 is 24.0 Å². The number of rotatable bonds is 4. The summed E-state index contributed by atoms with van der Waals surface area (Å²) in [6.45, 7) is 4.85. The molecule has 0 unspecified atom stereocenters. The molecule has 0 spiro atoms. The summed E-state index contributed by atoms with van der Waals surface area (Å²) in [6.07, 6.45) is -1.12. The second-order valence-electron chi connectivity index (χ2n) is 3.31. The van der Waals surface area contributed by atoms with Crippen LogP contribution in [0.1, 0.15) is 20.8 Å². The van der Waals surface area contributed by atoms with Crippen molar-refractivity contribution in [2.24, 2.45) is 11.7 Å². The molecule has 76 valence electrons. The number of carbonyl (C=O) groups excluding carboxylic acids is 2. The Bertz CT molecular complexity index is 202. The highest BCUT2D eigenvalue weighted by atomic mass is 16.3. The van der Waals surface area contributed by atoms with Gasteiger partial charge in [-0.1, -0.05) is 13.8 Å². The average Bonchev–Trinajstić information content (AvgIpc) is 1.97. The van der Waals surface area contributed by atoms with Gasteiger partial charge in [0.25, 0.3) is 0 Å². The van der Waals surface area contributed by atoms with Gasteiger partial charge in [0, 0.05) is 0 Å². The van der Waals surface area contributed by atoms with E-state index in [0.717, 1.165) is 0 Å². The minimum Gasteiger partial charge on any atom is -0.384 e. The summed E-state index contributed by atoms with van der Waals surface area (Å²) in [6, 6.07) is -0.720. The second kappa shape index (κ2) is 4.81. The summed E-state index contributed by atoms with van der Waals surface area (Å²) < 4.78 is 0. The van der Waals surface area contributed by atoms with Crippen LogP contribution in [0.5, 0.6) is 0 Å². The fourth-order valence-corrected chi connectivity index (χ4v) is 0.840. The zero-order chi connectivity index (χ0) is 10.6. The van der Waals surface area contributed by atoms with Crippen LogP contribution in [0.15, 0.2) is 0 Å². The van der Waals surface area contributed by atoms with Crippen molar-refractivity contribution in [2.75, 3.05) is 0 Å². The third-order valence-electron chi connectivity index (χ3n) is 1.65. The molecule has 5 heteroatoms. The molecule has 13 heavy (non-hydrogen) atoms. The zero-order valence-corrected chi connectivity index (χ0v) is 8.07. The maximum atomic E-state index is 11.0. The summed E-state index contributed by atoms with van der Waals surface area (Å²) >= 11 is 0. The van der Waals surface area contributed by atoms with Crippen molar-refractivity contribution in [3.05, 3.63) is 0 Å². The normalized spacial score (nSPS) is 15.2. The number of amides is 2. The van der Waals surface area contributed by atoms with Gasteiger partial charge < -0.3 is 16.2 Å². The third-order valence-corrected chi connectivity index (χ3v) is 1.65. The van der Waals surface area contributed by atoms with Gasteiger partial charge >= 0.3 is 0 Å². The van der Waals surface area contributed by atoms with Gasteiger partial charge in [-0.2, -0.15) is 0 Å². The Balaban J connectivity index is 4.27. The minimum atomic E-state index is -1.12. The molecule has 0 radical (unpaired) electrons. The van der Waals surface area contributed by atoms with Crippen molar-refractivity contribution in [3.8, 4) is 0 Å². The molecule has 0 aliphatic carbocycles. The number of aliphatic hydroxyl groups excluding tert-OH is 1. The molecule has 0 aromatic heterocycles.